The molecule has 4 aromatic heterocycles. The molecule has 184 valence electrons. The summed E-state index contributed by atoms with van der Waals surface area (Å²) in [7, 11) is 3.85. The molecule has 11 heteroatoms. The van der Waals surface area contributed by atoms with Crippen LogP contribution in [0.3, 0.4) is 0 Å². The molecule has 0 saturated heterocycles. The van der Waals surface area contributed by atoms with E-state index in [1.54, 1.807) is 4.68 Å². The van der Waals surface area contributed by atoms with Gasteiger partial charge in [0, 0.05) is 61.9 Å². The third-order valence-corrected chi connectivity index (χ3v) is 6.33. The number of ether oxygens (including phenoxy) is 1. The van der Waals surface area contributed by atoms with Gasteiger partial charge in [-0.1, -0.05) is 0 Å². The maximum atomic E-state index is 14.2. The number of alkyl halides is 3. The molecule has 5 rings (SSSR count). The van der Waals surface area contributed by atoms with Gasteiger partial charge in [-0.2, -0.15) is 18.3 Å². The highest BCUT2D eigenvalue weighted by atomic mass is 19.4. The normalized spacial score (nSPS) is 18.7. The molecule has 35 heavy (non-hydrogen) atoms. The second kappa shape index (κ2) is 8.86. The minimum atomic E-state index is -4.79. The number of nitrogens with zero attached hydrogens (tertiary/aromatic N) is 5. The minimum Gasteiger partial charge on any atom is -0.472 e. The Labute approximate surface area is 198 Å². The van der Waals surface area contributed by atoms with Crippen molar-refractivity contribution < 1.29 is 22.3 Å². The molecule has 0 bridgehead atoms. The molecule has 1 saturated carbocycles. The van der Waals surface area contributed by atoms with E-state index in [0.717, 1.165) is 34.2 Å². The first-order valence-electron chi connectivity index (χ1n) is 11.3. The van der Waals surface area contributed by atoms with Crippen LogP contribution >= 0.6 is 0 Å². The zero-order valence-electron chi connectivity index (χ0n) is 19.2. The van der Waals surface area contributed by atoms with Crippen LogP contribution in [0.15, 0.2) is 43.0 Å². The summed E-state index contributed by atoms with van der Waals surface area (Å²) >= 11 is 0. The van der Waals surface area contributed by atoms with Gasteiger partial charge in [0.1, 0.15) is 11.9 Å². The number of fused-ring (bicyclic) bond motifs is 1. The van der Waals surface area contributed by atoms with Crippen molar-refractivity contribution in [2.45, 2.75) is 44.0 Å². The Morgan fingerprint density at radius 3 is 2.54 bits per heavy atom. The quantitative estimate of drug-likeness (QED) is 0.385. The van der Waals surface area contributed by atoms with Gasteiger partial charge in [-0.25, -0.2) is 14.4 Å². The van der Waals surface area contributed by atoms with Gasteiger partial charge in [-0.3, -0.25) is 4.68 Å². The first-order valence-corrected chi connectivity index (χ1v) is 11.3. The maximum absolute atomic E-state index is 14.2. The van der Waals surface area contributed by atoms with Gasteiger partial charge in [-0.05, 0) is 37.8 Å². The molecular formula is C24H24F4N6O. The molecule has 0 amide bonds. The average molecular weight is 488 g/mol. The maximum Gasteiger partial charge on any atom is 0.419 e. The van der Waals surface area contributed by atoms with Gasteiger partial charge in [-0.15, -0.1) is 0 Å². The molecule has 0 atom stereocenters. The Balaban J connectivity index is 1.23. The summed E-state index contributed by atoms with van der Waals surface area (Å²) in [4.78, 5) is 8.25. The second-order valence-corrected chi connectivity index (χ2v) is 8.83. The molecule has 0 aliphatic heterocycles. The molecule has 0 spiro atoms. The number of nitrogens with one attached hydrogen (secondary N) is 1. The van der Waals surface area contributed by atoms with Crippen molar-refractivity contribution in [1.82, 2.24) is 24.3 Å². The van der Waals surface area contributed by atoms with Crippen molar-refractivity contribution in [2.75, 3.05) is 5.32 Å². The number of anilines is 1. The van der Waals surface area contributed by atoms with Crippen LogP contribution < -0.4 is 10.1 Å². The van der Waals surface area contributed by atoms with E-state index in [1.807, 2.05) is 49.4 Å². The summed E-state index contributed by atoms with van der Waals surface area (Å²) in [6.07, 6.45) is 4.01. The molecule has 1 aliphatic carbocycles. The minimum absolute atomic E-state index is 0.120. The number of aromatic nitrogens is 5. The molecule has 4 aromatic rings. The highest BCUT2D eigenvalue weighted by Crippen LogP contribution is 2.35. The summed E-state index contributed by atoms with van der Waals surface area (Å²) < 4.78 is 62.3. The number of rotatable bonds is 5. The van der Waals surface area contributed by atoms with Crippen molar-refractivity contribution in [3.63, 3.8) is 0 Å². The topological polar surface area (TPSA) is 69.8 Å². The number of pyridine rings is 2. The summed E-state index contributed by atoms with van der Waals surface area (Å²) in [5.41, 5.74) is 1.54. The predicted octanol–water partition coefficient (Wildman–Crippen LogP) is 5.33. The fourth-order valence-electron chi connectivity index (χ4n) is 4.54. The average Bonchev–Trinajstić information content (AvgIpc) is 3.38. The summed E-state index contributed by atoms with van der Waals surface area (Å²) in [5, 5.41) is 8.93. The highest BCUT2D eigenvalue weighted by Gasteiger charge is 2.36. The Morgan fingerprint density at radius 1 is 1.09 bits per heavy atom. The Bertz CT molecular complexity index is 1350. The smallest absolute Gasteiger partial charge is 0.419 e. The van der Waals surface area contributed by atoms with Crippen LogP contribution in [0, 0.1) is 5.82 Å². The van der Waals surface area contributed by atoms with Gasteiger partial charge in [0.05, 0.1) is 16.8 Å². The molecule has 0 aromatic carbocycles. The van der Waals surface area contributed by atoms with Crippen LogP contribution in [0.4, 0.5) is 23.4 Å². The zero-order chi connectivity index (χ0) is 24.7. The first-order chi connectivity index (χ1) is 16.7. The van der Waals surface area contributed by atoms with E-state index in [0.29, 0.717) is 31.7 Å². The van der Waals surface area contributed by atoms with E-state index < -0.39 is 29.5 Å². The van der Waals surface area contributed by atoms with Crippen LogP contribution in [-0.4, -0.2) is 36.5 Å². The number of hydrogen-bond acceptors (Lipinski definition) is 5. The molecule has 1 aliphatic rings. The molecule has 0 radical (unpaired) electrons. The van der Waals surface area contributed by atoms with E-state index in [4.69, 9.17) is 4.74 Å². The fourth-order valence-corrected chi connectivity index (χ4v) is 4.54. The lowest BCUT2D eigenvalue weighted by molar-refractivity contribution is -0.140. The Hall–Kier alpha value is -3.63. The molecular weight excluding hydrogens is 464 g/mol. The van der Waals surface area contributed by atoms with E-state index >= 15 is 0 Å². The van der Waals surface area contributed by atoms with Crippen LogP contribution in [0.25, 0.3) is 22.2 Å². The van der Waals surface area contributed by atoms with Gasteiger partial charge in [0.15, 0.2) is 5.82 Å². The Kier molecular flexibility index (Phi) is 5.86. The van der Waals surface area contributed by atoms with Crippen LogP contribution in [0.1, 0.15) is 31.2 Å². The third kappa shape index (κ3) is 4.67. The second-order valence-electron chi connectivity index (χ2n) is 8.83. The SMILES string of the molecule is Cn1ccc(-c2cn(C)c3cc(NC4CCC(Oc5nccc(C(F)(F)F)c5F)CC4)ncc23)n1. The van der Waals surface area contributed by atoms with Crippen molar-refractivity contribution in [3.8, 4) is 17.1 Å². The van der Waals surface area contributed by atoms with Crippen LogP contribution in [0.2, 0.25) is 0 Å². The molecule has 7 nitrogen and oxygen atoms in total. The van der Waals surface area contributed by atoms with Crippen molar-refractivity contribution in [1.29, 1.82) is 0 Å². The molecule has 0 unspecified atom stereocenters. The molecule has 1 fully saturated rings. The van der Waals surface area contributed by atoms with E-state index in [1.165, 1.54) is 0 Å². The van der Waals surface area contributed by atoms with Crippen molar-refractivity contribution in [3.05, 3.63) is 54.4 Å². The summed E-state index contributed by atoms with van der Waals surface area (Å²) in [5.74, 6) is -1.33. The lowest BCUT2D eigenvalue weighted by Crippen LogP contribution is -2.32. The van der Waals surface area contributed by atoms with Crippen molar-refractivity contribution in [2.24, 2.45) is 14.1 Å². The number of aryl methyl sites for hydroxylation is 2. The monoisotopic (exact) mass is 488 g/mol. The lowest BCUT2D eigenvalue weighted by atomic mass is 9.93. The van der Waals surface area contributed by atoms with E-state index in [-0.39, 0.29) is 6.04 Å². The van der Waals surface area contributed by atoms with Gasteiger partial charge >= 0.3 is 6.18 Å². The highest BCUT2D eigenvalue weighted by molar-refractivity contribution is 5.95. The van der Waals surface area contributed by atoms with E-state index in [9.17, 15) is 17.6 Å². The van der Waals surface area contributed by atoms with Crippen LogP contribution in [-0.2, 0) is 20.3 Å². The number of halogens is 4. The predicted molar refractivity (Wildman–Crippen MR) is 122 cm³/mol. The largest absolute Gasteiger partial charge is 0.472 e. The lowest BCUT2D eigenvalue weighted by Gasteiger charge is -2.29. The van der Waals surface area contributed by atoms with Crippen LogP contribution in [0.5, 0.6) is 5.88 Å². The van der Waals surface area contributed by atoms with Gasteiger partial charge in [0.2, 0.25) is 0 Å². The third-order valence-electron chi connectivity index (χ3n) is 6.33. The van der Waals surface area contributed by atoms with Gasteiger partial charge < -0.3 is 14.6 Å². The summed E-state index contributed by atoms with van der Waals surface area (Å²) in [6.45, 7) is 0. The fraction of sp³-hybridized carbons (Fsp3) is 0.375. The number of hydrogen-bond donors (Lipinski definition) is 1. The summed E-state index contributed by atoms with van der Waals surface area (Å²) in [6, 6.07) is 4.68. The molecule has 1 N–H and O–H groups in total. The van der Waals surface area contributed by atoms with E-state index in [2.05, 4.69) is 20.4 Å². The zero-order valence-corrected chi connectivity index (χ0v) is 19.2. The standard InChI is InChI=1S/C24H24F4N6O/c1-33-13-17(19-8-10-34(2)32-19)16-12-30-21(11-20(16)33)31-14-3-5-15(6-4-14)35-23-22(25)18(7-9-29-23)24(26,27)28/h7-15H,3-6H2,1-2H3,(H,30,31). The van der Waals surface area contributed by atoms with Gasteiger partial charge in [0.25, 0.3) is 5.88 Å². The Morgan fingerprint density at radius 2 is 1.86 bits per heavy atom. The van der Waals surface area contributed by atoms with Crippen molar-refractivity contribution >= 4 is 16.7 Å². The molecule has 4 heterocycles. The first kappa shape index (κ1) is 23.1.